The van der Waals surface area contributed by atoms with Gasteiger partial charge in [-0.25, -0.2) is 4.57 Å². The molecule has 112 heavy (non-hydrogen) atoms. The van der Waals surface area contributed by atoms with Crippen molar-refractivity contribution in [2.45, 2.75) is 186 Å². The molecule has 0 bridgehead atoms. The summed E-state index contributed by atoms with van der Waals surface area (Å²) < 4.78 is 68.8. The van der Waals surface area contributed by atoms with Gasteiger partial charge in [-0.15, -0.1) is 96.3 Å². The number of thiophene rings is 8. The van der Waals surface area contributed by atoms with Gasteiger partial charge in [-0.1, -0.05) is 189 Å². The quantitative estimate of drug-likeness (QED) is 0.0217. The van der Waals surface area contributed by atoms with Crippen molar-refractivity contribution in [3.63, 3.8) is 0 Å². The van der Waals surface area contributed by atoms with Gasteiger partial charge < -0.3 is 24.1 Å². The van der Waals surface area contributed by atoms with E-state index in [4.69, 9.17) is 24.8 Å². The summed E-state index contributed by atoms with van der Waals surface area (Å²) in [5.74, 6) is 7.35. The predicted octanol–water partition coefficient (Wildman–Crippen LogP) is 27.9. The predicted molar refractivity (Wildman–Crippen MR) is 489 cm³/mol. The van der Waals surface area contributed by atoms with Crippen molar-refractivity contribution in [3.05, 3.63) is 158 Å². The van der Waals surface area contributed by atoms with E-state index in [0.717, 1.165) is 115 Å². The van der Waals surface area contributed by atoms with Gasteiger partial charge in [0.05, 0.1) is 63.5 Å². The SMILES string of the molecule is CC(C)(C)[O-].CC(C)CCCC(C)CCOc1ccc(/C=C/c2cc3sc4cc5c(cc4c3s2)sc2cc(/C=C/c3ccc(OCCC(C)CCCC(C)C)cc3)sc25)cc1.CC(C)CCCC(C)CCOc1ccc(COP=O)cc1.CCOCC.O=Cc1cc2sc3cc4c(cc3c2s1)sc1cc(C=O)sc14.[2H]CF.[K+]. The van der Waals surface area contributed by atoms with Gasteiger partial charge in [-0.05, 0) is 182 Å². The van der Waals surface area contributed by atoms with Crippen LogP contribution in [0.4, 0.5) is 4.39 Å². The molecule has 0 radical (unpaired) electrons. The topological polar surface area (TPSA) is 120 Å². The summed E-state index contributed by atoms with van der Waals surface area (Å²) in [5.41, 5.74) is 2.64. The standard InChI is InChI=1S/C50H58O2S4.C17H27O3P.C16H6O2S4.C4H9O.C4H10O.CH3F.K/c1-33(2)9-7-11-35(5)25-27-51-39-19-13-37(14-20-39)17-23-41-29-47-49(53-41)43-31-46-44(32-45(43)55-47)50-48(56-46)30-42(54-50)24-18-38-15-21-40(22-16-38)52-28-26-36(6)12-8-10-34(3)4;1-14(2)5-4-6-15(3)11-12-19-17-9-7-16(8-10-17)13-20-21-18;17-5-7-1-13-15(19-7)9-3-12-10(4-11(9)21-13)16-14(22-12)2-8(6-18)20-16;1-4(2,3)5;1-3-5-4-2;1-2;/h13-24,29-36H,7-12,25-28H2,1-6H3;7-10,14-15H,4-6,11-13H2,1-3H3;1-6H;1-3H3;3-4H2,1-2H3;1H3;/q;;;-1;;;+1/b23-17+,24-18+;;;;;;/i;;;;;1D;. The van der Waals surface area contributed by atoms with E-state index < -0.39 is 12.8 Å². The zero-order chi connectivity index (χ0) is 80.7. The molecule has 0 fully saturated rings. The summed E-state index contributed by atoms with van der Waals surface area (Å²) >= 11 is 14.2. The number of hydrogen-bond acceptors (Lipinski definition) is 17. The minimum absolute atomic E-state index is 0. The molecule has 0 aliphatic carbocycles. The Morgan fingerprint density at radius 1 is 0.429 bits per heavy atom. The maximum absolute atomic E-state index is 11.0. The first-order valence-electron chi connectivity index (χ1n) is 39.7. The summed E-state index contributed by atoms with van der Waals surface area (Å²) in [6.45, 7) is 34.1. The Hall–Kier alpha value is -4.45. The molecule has 0 amide bonds. The van der Waals surface area contributed by atoms with Crippen molar-refractivity contribution in [2.24, 2.45) is 35.5 Å². The van der Waals surface area contributed by atoms with Crippen LogP contribution in [0.2, 0.25) is 0 Å². The Balaban J connectivity index is 0.000000252. The van der Waals surface area contributed by atoms with Crippen molar-refractivity contribution in [3.8, 4) is 17.2 Å². The smallest absolute Gasteiger partial charge is 0.850 e. The van der Waals surface area contributed by atoms with Gasteiger partial charge in [0.2, 0.25) is 0 Å². The van der Waals surface area contributed by atoms with Gasteiger partial charge in [-0.2, -0.15) is 0 Å². The van der Waals surface area contributed by atoms with E-state index in [9.17, 15) is 23.7 Å². The molecule has 8 aromatic heterocycles. The monoisotopic (exact) mass is 1710 g/mol. The zero-order valence-corrected chi connectivity index (χ0v) is 78.7. The number of alkyl halides is 1. The van der Waals surface area contributed by atoms with Crippen LogP contribution >= 0.6 is 99.4 Å². The Labute approximate surface area is 742 Å². The number of aldehydes is 2. The molecule has 13 aromatic rings. The third-order valence-electron chi connectivity index (χ3n) is 18.5. The Kier molecular flexibility index (Phi) is 40.8. The summed E-state index contributed by atoms with van der Waals surface area (Å²) in [5, 5.41) is 15.3. The molecule has 0 saturated carbocycles. The maximum Gasteiger partial charge on any atom is 1.00 e. The summed E-state index contributed by atoms with van der Waals surface area (Å²) in [7, 11) is -1.28. The number of rotatable bonds is 35. The average molecular weight is 1710 g/mol. The summed E-state index contributed by atoms with van der Waals surface area (Å²) in [6.07, 6.45) is 25.9. The molecular weight excluding hydrogens is 1590 g/mol. The van der Waals surface area contributed by atoms with Crippen LogP contribution in [-0.4, -0.2) is 58.4 Å². The van der Waals surface area contributed by atoms with Crippen molar-refractivity contribution >= 4 is 214 Å². The normalized spacial score (nSPS) is 12.6. The molecule has 0 N–H and O–H groups in total. The zero-order valence-electron chi connectivity index (χ0n) is 69.2. The van der Waals surface area contributed by atoms with E-state index in [1.807, 2.05) is 95.6 Å². The molecule has 3 unspecified atom stereocenters. The van der Waals surface area contributed by atoms with Crippen LogP contribution < -0.4 is 70.7 Å². The van der Waals surface area contributed by atoms with E-state index in [-0.39, 0.29) is 60.1 Å². The number of hydrogen-bond donors (Lipinski definition) is 0. The molecular formula is C92H113FKO9PS8. The largest absolute Gasteiger partial charge is 1.00 e. The third kappa shape index (κ3) is 30.8. The molecule has 8 heterocycles. The summed E-state index contributed by atoms with van der Waals surface area (Å²) in [6, 6.07) is 42.8. The van der Waals surface area contributed by atoms with Crippen molar-refractivity contribution in [1.29, 1.82) is 0 Å². The average Bonchev–Trinajstić information content (AvgIpc) is 1.59. The second-order valence-electron chi connectivity index (χ2n) is 30.6. The Morgan fingerprint density at radius 2 is 0.714 bits per heavy atom. The number of halogens is 1. The van der Waals surface area contributed by atoms with E-state index in [0.29, 0.717) is 24.4 Å². The van der Waals surface area contributed by atoms with Crippen LogP contribution in [0, 0.1) is 35.5 Å². The van der Waals surface area contributed by atoms with Crippen LogP contribution in [0.25, 0.3) is 102 Å². The molecule has 5 aromatic carbocycles. The minimum atomic E-state index is -1.00. The maximum atomic E-state index is 11.0. The minimum Gasteiger partial charge on any atom is -0.850 e. The molecule has 13 rings (SSSR count). The van der Waals surface area contributed by atoms with E-state index in [1.165, 1.54) is 157 Å². The van der Waals surface area contributed by atoms with E-state index >= 15 is 0 Å². The van der Waals surface area contributed by atoms with E-state index in [2.05, 4.69) is 172 Å². The number of carbonyl (C=O) groups is 2. The molecule has 20 heteroatoms. The van der Waals surface area contributed by atoms with Crippen molar-refractivity contribution in [1.82, 2.24) is 0 Å². The third-order valence-corrected chi connectivity index (χ3v) is 28.1. The van der Waals surface area contributed by atoms with Crippen molar-refractivity contribution in [2.75, 3.05) is 40.2 Å². The van der Waals surface area contributed by atoms with Crippen LogP contribution in [0.15, 0.2) is 121 Å². The van der Waals surface area contributed by atoms with Crippen LogP contribution in [-0.2, 0) is 20.4 Å². The van der Waals surface area contributed by atoms with Crippen LogP contribution in [0.5, 0.6) is 17.2 Å². The van der Waals surface area contributed by atoms with Gasteiger partial charge in [-0.3, -0.25) is 18.5 Å². The number of ether oxygens (including phenoxy) is 4. The van der Waals surface area contributed by atoms with Crippen LogP contribution in [0.3, 0.4) is 0 Å². The number of benzene rings is 5. The number of carbonyl (C=O) groups excluding carboxylic acids is 2. The molecule has 0 aliphatic rings. The fraction of sp³-hybridized carbons (Fsp3) is 0.435. The first kappa shape index (κ1) is 93.0. The molecule has 9 nitrogen and oxygen atoms in total. The fourth-order valence-corrected chi connectivity index (χ4v) is 22.3. The van der Waals surface area contributed by atoms with Gasteiger partial charge in [0.1, 0.15) is 17.2 Å². The van der Waals surface area contributed by atoms with Crippen molar-refractivity contribution < 1.29 is 99.9 Å². The van der Waals surface area contributed by atoms with E-state index in [1.54, 1.807) is 66.1 Å². The van der Waals surface area contributed by atoms with Gasteiger partial charge in [0.25, 0.3) is 0 Å². The van der Waals surface area contributed by atoms with Gasteiger partial charge >= 0.3 is 60.1 Å². The molecule has 0 aliphatic heterocycles. The van der Waals surface area contributed by atoms with Gasteiger partial charge in [0.15, 0.2) is 12.6 Å². The molecule has 596 valence electrons. The van der Waals surface area contributed by atoms with Crippen LogP contribution in [0.1, 0.15) is 221 Å². The first-order chi connectivity index (χ1) is 53.9. The molecule has 0 saturated heterocycles. The molecule has 0 spiro atoms. The Bertz CT molecular complexity index is 4760. The summed E-state index contributed by atoms with van der Waals surface area (Å²) in [4.78, 5) is 26.1. The fourth-order valence-electron chi connectivity index (χ4n) is 12.4. The number of fused-ring (bicyclic) bond motifs is 12. The second-order valence-corrected chi connectivity index (χ2v) is 39.7. The Morgan fingerprint density at radius 3 is 0.982 bits per heavy atom. The second kappa shape index (κ2) is 49.1. The van der Waals surface area contributed by atoms with Gasteiger partial charge in [0, 0.05) is 82.1 Å². The first-order valence-corrected chi connectivity index (χ1v) is 46.3. The molecule has 3 atom stereocenters.